The lowest BCUT2D eigenvalue weighted by atomic mass is 9.55. The quantitative estimate of drug-likeness (QED) is 0.109. The van der Waals surface area contributed by atoms with Crippen LogP contribution in [0, 0.1) is 23.2 Å². The SMILES string of the molecule is CC1CC2C[C@H](C)CC(CCN3CCC[C@@H]3CN(C(=O)Nc3ccccc3)[C@H](CCCCN(C)C(=O)Nc3ccccc3)CNC(=O)Nc3ccccc3)(C1)C2. The van der Waals surface area contributed by atoms with Gasteiger partial charge in [0.1, 0.15) is 0 Å². The van der Waals surface area contributed by atoms with Crippen LogP contribution < -0.4 is 21.3 Å². The number of para-hydroxylation sites is 3. The van der Waals surface area contributed by atoms with Crippen LogP contribution in [0.1, 0.15) is 84.5 Å². The van der Waals surface area contributed by atoms with Crippen LogP contribution in [0.4, 0.5) is 31.4 Å². The number of carbonyl (C=O) groups excluding carboxylic acids is 3. The maximum absolute atomic E-state index is 14.4. The van der Waals surface area contributed by atoms with Crippen molar-refractivity contribution < 1.29 is 14.4 Å². The van der Waals surface area contributed by atoms with Crippen molar-refractivity contribution in [3.8, 4) is 0 Å². The Labute approximate surface area is 335 Å². The van der Waals surface area contributed by atoms with Crippen LogP contribution in [0.15, 0.2) is 91.0 Å². The first-order chi connectivity index (χ1) is 27.1. The summed E-state index contributed by atoms with van der Waals surface area (Å²) in [5.74, 6) is 2.48. The van der Waals surface area contributed by atoms with E-state index in [1.165, 1.54) is 38.5 Å². The molecule has 6 amide bonds. The highest BCUT2D eigenvalue weighted by atomic mass is 16.2. The summed E-state index contributed by atoms with van der Waals surface area (Å²) in [5.41, 5.74) is 2.66. The third-order valence-corrected chi connectivity index (χ3v) is 12.5. The summed E-state index contributed by atoms with van der Waals surface area (Å²) in [4.78, 5) is 46.9. The fraction of sp³-hybridized carbons (Fsp3) is 0.543. The Morgan fingerprint density at radius 2 is 1.34 bits per heavy atom. The standard InChI is InChI=1S/C46H65N7O3/c1-35-28-37-29-36(2)31-46(30-35,32-37)24-27-52-26-15-23-42(52)34-53(45(56)50-40-20-11-6-12-21-40)41(33-47-43(54)48-38-16-7-4-8-17-38)22-13-14-25-51(3)44(55)49-39-18-9-5-10-19-39/h4-12,16-21,35-37,41-42H,13-15,22-34H2,1-3H3,(H,49,55)(H,50,56)(H2,47,48,54)/t35-,36?,37?,41+,42+,46?/m0/s1. The van der Waals surface area contributed by atoms with Gasteiger partial charge in [-0.2, -0.15) is 0 Å². The number of unbranched alkanes of at least 4 members (excludes halogenated alkanes) is 1. The summed E-state index contributed by atoms with van der Waals surface area (Å²) >= 11 is 0. The molecule has 0 radical (unpaired) electrons. The highest BCUT2D eigenvalue weighted by molar-refractivity contribution is 5.91. The summed E-state index contributed by atoms with van der Waals surface area (Å²) in [7, 11) is 1.81. The average molecular weight is 764 g/mol. The van der Waals surface area contributed by atoms with Crippen molar-refractivity contribution in [3.05, 3.63) is 91.0 Å². The molecule has 6 atom stereocenters. The molecule has 10 heteroatoms. The zero-order chi connectivity index (χ0) is 39.3. The normalized spacial score (nSPS) is 23.8. The van der Waals surface area contributed by atoms with Gasteiger partial charge in [-0.05, 0) is 143 Å². The van der Waals surface area contributed by atoms with Gasteiger partial charge in [0.15, 0.2) is 0 Å². The molecule has 0 aromatic heterocycles. The van der Waals surface area contributed by atoms with Gasteiger partial charge in [-0.1, -0.05) is 68.4 Å². The van der Waals surface area contributed by atoms with Crippen molar-refractivity contribution in [2.75, 3.05) is 55.7 Å². The van der Waals surface area contributed by atoms with Gasteiger partial charge in [0.05, 0.1) is 6.04 Å². The Kier molecular flexibility index (Phi) is 14.7. The molecular formula is C46H65N7O3. The molecule has 3 unspecified atom stereocenters. The highest BCUT2D eigenvalue weighted by Crippen LogP contribution is 2.54. The third-order valence-electron chi connectivity index (χ3n) is 12.5. The van der Waals surface area contributed by atoms with E-state index in [0.717, 1.165) is 67.9 Å². The first-order valence-corrected chi connectivity index (χ1v) is 21.2. The Bertz CT molecular complexity index is 1660. The predicted molar refractivity (Wildman–Crippen MR) is 228 cm³/mol. The Morgan fingerprint density at radius 1 is 0.768 bits per heavy atom. The summed E-state index contributed by atoms with van der Waals surface area (Å²) in [6.45, 7) is 8.52. The Balaban J connectivity index is 1.15. The van der Waals surface area contributed by atoms with E-state index in [0.29, 0.717) is 37.2 Å². The van der Waals surface area contributed by atoms with Gasteiger partial charge in [0.2, 0.25) is 0 Å². The van der Waals surface area contributed by atoms with E-state index in [4.69, 9.17) is 0 Å². The lowest BCUT2D eigenvalue weighted by molar-refractivity contribution is 0.00236. The van der Waals surface area contributed by atoms with Gasteiger partial charge in [-0.15, -0.1) is 0 Å². The first kappa shape index (κ1) is 41.1. The number of urea groups is 3. The van der Waals surface area contributed by atoms with E-state index < -0.39 is 0 Å². The molecule has 1 aliphatic heterocycles. The topological polar surface area (TPSA) is 109 Å². The molecule has 2 saturated carbocycles. The molecule has 56 heavy (non-hydrogen) atoms. The Hall–Kier alpha value is -4.57. The summed E-state index contributed by atoms with van der Waals surface area (Å²) in [6, 6.07) is 27.9. The average Bonchev–Trinajstić information content (AvgIpc) is 3.63. The lowest BCUT2D eigenvalue weighted by Gasteiger charge is -2.51. The largest absolute Gasteiger partial charge is 0.336 e. The van der Waals surface area contributed by atoms with Gasteiger partial charge in [0, 0.05) is 49.8 Å². The second-order valence-corrected chi connectivity index (χ2v) is 17.3. The van der Waals surface area contributed by atoms with E-state index in [1.807, 2.05) is 95.9 Å². The highest BCUT2D eigenvalue weighted by Gasteiger charge is 2.44. The van der Waals surface area contributed by atoms with Crippen LogP contribution in [0.5, 0.6) is 0 Å². The zero-order valence-electron chi connectivity index (χ0n) is 33.9. The van der Waals surface area contributed by atoms with Crippen LogP contribution in [0.3, 0.4) is 0 Å². The molecule has 3 aromatic carbocycles. The van der Waals surface area contributed by atoms with E-state index in [1.54, 1.807) is 11.9 Å². The maximum atomic E-state index is 14.4. The smallest absolute Gasteiger partial charge is 0.322 e. The molecule has 10 nitrogen and oxygen atoms in total. The van der Waals surface area contributed by atoms with Crippen molar-refractivity contribution >= 4 is 35.2 Å². The molecule has 3 fully saturated rings. The molecule has 1 heterocycles. The number of nitrogens with one attached hydrogen (secondary N) is 4. The molecule has 3 aliphatic rings. The number of anilines is 3. The minimum Gasteiger partial charge on any atom is -0.336 e. The van der Waals surface area contributed by atoms with Gasteiger partial charge >= 0.3 is 18.1 Å². The molecule has 6 rings (SSSR count). The third kappa shape index (κ3) is 12.0. The fourth-order valence-electron chi connectivity index (χ4n) is 10.2. The number of likely N-dealkylation sites (tertiary alicyclic amines) is 1. The molecular weight excluding hydrogens is 699 g/mol. The fourth-order valence-corrected chi connectivity index (χ4v) is 10.2. The van der Waals surface area contributed by atoms with Crippen LogP contribution in [0.2, 0.25) is 0 Å². The second kappa shape index (κ2) is 20.0. The summed E-state index contributed by atoms with van der Waals surface area (Å²) < 4.78 is 0. The number of fused-ring (bicyclic) bond motifs is 2. The molecule has 1 saturated heterocycles. The molecule has 3 aromatic rings. The van der Waals surface area contributed by atoms with Crippen LogP contribution >= 0.6 is 0 Å². The molecule has 4 N–H and O–H groups in total. The van der Waals surface area contributed by atoms with E-state index in [2.05, 4.69) is 40.0 Å². The minimum atomic E-state index is -0.301. The molecule has 2 aliphatic carbocycles. The number of hydrogen-bond acceptors (Lipinski definition) is 4. The minimum absolute atomic E-state index is 0.152. The van der Waals surface area contributed by atoms with Crippen molar-refractivity contribution in [3.63, 3.8) is 0 Å². The van der Waals surface area contributed by atoms with Crippen molar-refractivity contribution in [1.29, 1.82) is 0 Å². The van der Waals surface area contributed by atoms with Crippen LogP contribution in [-0.4, -0.2) is 84.6 Å². The lowest BCUT2D eigenvalue weighted by Crippen LogP contribution is -2.53. The second-order valence-electron chi connectivity index (χ2n) is 17.3. The molecule has 2 bridgehead atoms. The Morgan fingerprint density at radius 3 is 1.95 bits per heavy atom. The number of carbonyl (C=O) groups is 3. The summed E-state index contributed by atoms with van der Waals surface area (Å²) in [6.07, 6.45) is 12.5. The molecule has 302 valence electrons. The van der Waals surface area contributed by atoms with E-state index in [-0.39, 0.29) is 30.2 Å². The monoisotopic (exact) mass is 764 g/mol. The van der Waals surface area contributed by atoms with E-state index >= 15 is 0 Å². The number of hydrogen-bond donors (Lipinski definition) is 4. The zero-order valence-corrected chi connectivity index (χ0v) is 33.9. The van der Waals surface area contributed by atoms with Crippen molar-refractivity contribution in [2.24, 2.45) is 23.2 Å². The van der Waals surface area contributed by atoms with Crippen molar-refractivity contribution in [1.82, 2.24) is 20.0 Å². The van der Waals surface area contributed by atoms with Gasteiger partial charge < -0.3 is 31.1 Å². The van der Waals surface area contributed by atoms with Gasteiger partial charge in [-0.3, -0.25) is 4.90 Å². The van der Waals surface area contributed by atoms with E-state index in [9.17, 15) is 14.4 Å². The van der Waals surface area contributed by atoms with Crippen LogP contribution in [-0.2, 0) is 0 Å². The van der Waals surface area contributed by atoms with Crippen LogP contribution in [0.25, 0.3) is 0 Å². The van der Waals surface area contributed by atoms with Crippen molar-refractivity contribution in [2.45, 2.75) is 96.6 Å². The van der Waals surface area contributed by atoms with Gasteiger partial charge in [0.25, 0.3) is 0 Å². The molecule has 0 spiro atoms. The summed E-state index contributed by atoms with van der Waals surface area (Å²) in [5, 5.41) is 12.2. The first-order valence-electron chi connectivity index (χ1n) is 21.2. The number of nitrogens with zero attached hydrogens (tertiary/aromatic N) is 3. The number of rotatable bonds is 16. The number of benzene rings is 3. The predicted octanol–water partition coefficient (Wildman–Crippen LogP) is 9.75. The van der Waals surface area contributed by atoms with Gasteiger partial charge in [-0.25, -0.2) is 14.4 Å². The number of amides is 6. The maximum Gasteiger partial charge on any atom is 0.322 e.